The first kappa shape index (κ1) is 30.5. The van der Waals surface area contributed by atoms with Crippen molar-refractivity contribution in [3.63, 3.8) is 0 Å². The minimum Gasteiger partial charge on any atom is -0.493 e. The van der Waals surface area contributed by atoms with E-state index in [9.17, 15) is 19.2 Å². The van der Waals surface area contributed by atoms with Gasteiger partial charge in [0.2, 0.25) is 5.75 Å². The average Bonchev–Trinajstić information content (AvgIpc) is 3.47. The average molecular weight is 622 g/mol. The number of para-hydroxylation sites is 1. The van der Waals surface area contributed by atoms with E-state index in [0.29, 0.717) is 39.8 Å². The van der Waals surface area contributed by atoms with Gasteiger partial charge < -0.3 is 23.7 Å². The standard InChI is InChI=1S/C31H31N3O9S/c1-7-42-22(35)15-33-19-12-10-9-11-18(19)24(28(33)36)27-29(37)34-25(17-13-20(39-4)26(41-6)21(14-17)40-5)23(30(38)43-8-2)16(3)32-31(34)44-27/h9-14,25H,7-8,15H2,1-6H3/b27-24+. The maximum Gasteiger partial charge on any atom is 0.338 e. The highest BCUT2D eigenvalue weighted by atomic mass is 32.1. The van der Waals surface area contributed by atoms with Crippen molar-refractivity contribution in [1.29, 1.82) is 0 Å². The first-order valence-corrected chi connectivity index (χ1v) is 14.6. The summed E-state index contributed by atoms with van der Waals surface area (Å²) < 4.78 is 28.6. The molecule has 0 radical (unpaired) electrons. The van der Waals surface area contributed by atoms with Gasteiger partial charge in [-0.25, -0.2) is 9.79 Å². The number of aromatic nitrogens is 1. The third-order valence-corrected chi connectivity index (χ3v) is 8.29. The molecule has 1 amide bonds. The maximum atomic E-state index is 14.4. The van der Waals surface area contributed by atoms with Crippen LogP contribution in [0.1, 0.15) is 37.9 Å². The molecule has 1 aromatic heterocycles. The Labute approximate surface area is 256 Å². The fourth-order valence-corrected chi connectivity index (χ4v) is 6.55. The number of esters is 2. The molecule has 3 heterocycles. The molecule has 1 atom stereocenters. The van der Waals surface area contributed by atoms with Gasteiger partial charge in [-0.1, -0.05) is 29.5 Å². The van der Waals surface area contributed by atoms with Gasteiger partial charge >= 0.3 is 11.9 Å². The molecule has 0 spiro atoms. The minimum atomic E-state index is -1.00. The molecule has 1 unspecified atom stereocenters. The molecule has 2 aliphatic rings. The molecule has 2 aliphatic heterocycles. The third-order valence-electron chi connectivity index (χ3n) is 7.24. The first-order valence-electron chi connectivity index (χ1n) is 13.8. The van der Waals surface area contributed by atoms with Crippen molar-refractivity contribution in [2.75, 3.05) is 46.0 Å². The number of ether oxygens (including phenoxy) is 5. The molecule has 2 aromatic carbocycles. The van der Waals surface area contributed by atoms with Gasteiger partial charge in [0.25, 0.3) is 11.5 Å². The van der Waals surface area contributed by atoms with E-state index >= 15 is 0 Å². The Morgan fingerprint density at radius 1 is 0.955 bits per heavy atom. The molecule has 44 heavy (non-hydrogen) atoms. The van der Waals surface area contributed by atoms with Crippen LogP contribution in [0.5, 0.6) is 17.2 Å². The second kappa shape index (κ2) is 12.4. The lowest BCUT2D eigenvalue weighted by Gasteiger charge is -2.26. The molecule has 0 bridgehead atoms. The first-order chi connectivity index (χ1) is 21.2. The predicted octanol–water partition coefficient (Wildman–Crippen LogP) is 2.10. The third kappa shape index (κ3) is 5.02. The van der Waals surface area contributed by atoms with Crippen molar-refractivity contribution in [1.82, 2.24) is 4.57 Å². The zero-order valence-electron chi connectivity index (χ0n) is 25.1. The van der Waals surface area contributed by atoms with Crippen LogP contribution in [0.15, 0.2) is 57.5 Å². The lowest BCUT2D eigenvalue weighted by atomic mass is 9.95. The number of benzene rings is 2. The van der Waals surface area contributed by atoms with Crippen LogP contribution in [0.2, 0.25) is 0 Å². The number of allylic oxidation sites excluding steroid dienone is 1. The molecule has 12 nitrogen and oxygen atoms in total. The van der Waals surface area contributed by atoms with Crippen molar-refractivity contribution in [3.8, 4) is 17.2 Å². The number of amides is 1. The smallest absolute Gasteiger partial charge is 0.338 e. The molecule has 0 saturated carbocycles. The summed E-state index contributed by atoms with van der Waals surface area (Å²) >= 11 is 1.02. The predicted molar refractivity (Wildman–Crippen MR) is 161 cm³/mol. The van der Waals surface area contributed by atoms with E-state index in [2.05, 4.69) is 4.99 Å². The molecule has 13 heteroatoms. The quantitative estimate of drug-likeness (QED) is 0.329. The van der Waals surface area contributed by atoms with Crippen LogP contribution in [0.3, 0.4) is 0 Å². The van der Waals surface area contributed by atoms with Crippen LogP contribution < -0.4 is 34.0 Å². The van der Waals surface area contributed by atoms with Gasteiger partial charge in [0.05, 0.1) is 63.1 Å². The Morgan fingerprint density at radius 3 is 2.23 bits per heavy atom. The number of nitrogens with zero attached hydrogens (tertiary/aromatic N) is 3. The minimum absolute atomic E-state index is 0.105. The second-order valence-corrected chi connectivity index (χ2v) is 10.6. The van der Waals surface area contributed by atoms with Gasteiger partial charge in [-0.05, 0) is 44.5 Å². The van der Waals surface area contributed by atoms with Gasteiger partial charge in [-0.3, -0.25) is 23.9 Å². The summed E-state index contributed by atoms with van der Waals surface area (Å²) in [5.41, 5.74) is 1.54. The number of hydrogen-bond donors (Lipinski definition) is 0. The molecule has 3 aromatic rings. The summed E-state index contributed by atoms with van der Waals surface area (Å²) in [5, 5.41) is 0. The summed E-state index contributed by atoms with van der Waals surface area (Å²) in [6.45, 7) is 4.98. The van der Waals surface area contributed by atoms with Gasteiger partial charge in [-0.2, -0.15) is 0 Å². The molecular formula is C31H31N3O9S. The van der Waals surface area contributed by atoms with Crippen LogP contribution in [0.25, 0.3) is 5.57 Å². The highest BCUT2D eigenvalue weighted by molar-refractivity contribution is 7.07. The van der Waals surface area contributed by atoms with E-state index in [-0.39, 0.29) is 40.2 Å². The van der Waals surface area contributed by atoms with E-state index in [1.54, 1.807) is 57.2 Å². The van der Waals surface area contributed by atoms with Gasteiger partial charge in [0.1, 0.15) is 11.1 Å². The van der Waals surface area contributed by atoms with Gasteiger partial charge in [-0.15, -0.1) is 0 Å². The number of anilines is 1. The molecule has 230 valence electrons. The fourth-order valence-electron chi connectivity index (χ4n) is 5.41. The van der Waals surface area contributed by atoms with Gasteiger partial charge in [0, 0.05) is 5.56 Å². The van der Waals surface area contributed by atoms with Crippen molar-refractivity contribution in [2.45, 2.75) is 26.8 Å². The van der Waals surface area contributed by atoms with E-state index in [1.807, 2.05) is 0 Å². The summed E-state index contributed by atoms with van der Waals surface area (Å²) in [6.07, 6.45) is 0. The summed E-state index contributed by atoms with van der Waals surface area (Å²) in [7, 11) is 4.40. The molecule has 5 rings (SSSR count). The van der Waals surface area contributed by atoms with Crippen LogP contribution in [-0.2, 0) is 23.9 Å². The Balaban J connectivity index is 1.80. The zero-order chi connectivity index (χ0) is 31.7. The van der Waals surface area contributed by atoms with E-state index in [0.717, 1.165) is 11.3 Å². The second-order valence-electron chi connectivity index (χ2n) is 9.67. The van der Waals surface area contributed by atoms with E-state index in [1.165, 1.54) is 30.8 Å². The van der Waals surface area contributed by atoms with Crippen molar-refractivity contribution >= 4 is 40.4 Å². The van der Waals surface area contributed by atoms with E-state index in [4.69, 9.17) is 23.7 Å². The zero-order valence-corrected chi connectivity index (χ0v) is 25.9. The molecule has 0 fully saturated rings. The number of thiazole rings is 1. The number of carbonyl (C=O) groups excluding carboxylic acids is 3. The number of methoxy groups -OCH3 is 3. The number of carbonyl (C=O) groups is 3. The summed E-state index contributed by atoms with van der Waals surface area (Å²) in [6, 6.07) is 9.22. The molecular weight excluding hydrogens is 590 g/mol. The van der Waals surface area contributed by atoms with Crippen LogP contribution >= 0.6 is 11.3 Å². The normalized spacial score (nSPS) is 16.6. The monoisotopic (exact) mass is 621 g/mol. The molecule has 0 saturated heterocycles. The molecule has 0 N–H and O–H groups in total. The summed E-state index contributed by atoms with van der Waals surface area (Å²) in [5.74, 6) is -0.765. The highest BCUT2D eigenvalue weighted by Crippen LogP contribution is 2.42. The SMILES string of the molecule is CCOC(=O)CN1C(=O)/C(=c2/sc3n(c2=O)C(c2cc(OC)c(OC)c(OC)c2)C(C(=O)OCC)=C(C)N=3)c2ccccc21. The largest absolute Gasteiger partial charge is 0.493 e. The van der Waals surface area contributed by atoms with Gasteiger partial charge in [0.15, 0.2) is 16.3 Å². The number of hydrogen-bond acceptors (Lipinski definition) is 11. The highest BCUT2D eigenvalue weighted by Gasteiger charge is 2.38. The Hall–Kier alpha value is -4.91. The van der Waals surface area contributed by atoms with Crippen molar-refractivity contribution in [3.05, 3.63) is 78.5 Å². The maximum absolute atomic E-state index is 14.4. The lowest BCUT2D eigenvalue weighted by molar-refractivity contribution is -0.142. The van der Waals surface area contributed by atoms with Crippen LogP contribution in [0, 0.1) is 0 Å². The number of rotatable bonds is 9. The van der Waals surface area contributed by atoms with Crippen molar-refractivity contribution in [2.24, 2.45) is 4.99 Å². The fraction of sp³-hybridized carbons (Fsp3) is 0.323. The Kier molecular flexibility index (Phi) is 8.59. The lowest BCUT2D eigenvalue weighted by Crippen LogP contribution is -2.41. The van der Waals surface area contributed by atoms with Crippen LogP contribution in [0.4, 0.5) is 5.69 Å². The summed E-state index contributed by atoms with van der Waals surface area (Å²) in [4.78, 5) is 60.2. The number of fused-ring (bicyclic) bond motifs is 2. The van der Waals surface area contributed by atoms with Crippen LogP contribution in [-0.4, -0.2) is 63.5 Å². The van der Waals surface area contributed by atoms with Crippen molar-refractivity contribution < 1.29 is 38.1 Å². The topological polar surface area (TPSA) is 135 Å². The Morgan fingerprint density at radius 2 is 1.61 bits per heavy atom. The van der Waals surface area contributed by atoms with E-state index < -0.39 is 29.4 Å². The molecule has 0 aliphatic carbocycles. The Bertz CT molecular complexity index is 1860.